The van der Waals surface area contributed by atoms with Crippen LogP contribution in [0.3, 0.4) is 0 Å². The fourth-order valence-electron chi connectivity index (χ4n) is 10.4. The Hall–Kier alpha value is -8.55. The van der Waals surface area contributed by atoms with Gasteiger partial charge in [-0.1, -0.05) is 194 Å². The second-order valence-electron chi connectivity index (χ2n) is 17.4. The largest absolute Gasteiger partial charge is 0.309 e. The van der Waals surface area contributed by atoms with Gasteiger partial charge in [-0.05, 0) is 58.7 Å². The van der Waals surface area contributed by atoms with E-state index < -0.39 is 0 Å². The van der Waals surface area contributed by atoms with Gasteiger partial charge in [-0.25, -0.2) is 15.0 Å². The highest BCUT2D eigenvalue weighted by Gasteiger charge is 2.24. The number of fused-ring (bicyclic) bond motifs is 9. The van der Waals surface area contributed by atoms with Crippen LogP contribution in [0.2, 0.25) is 0 Å². The van der Waals surface area contributed by atoms with E-state index in [0.29, 0.717) is 17.5 Å². The van der Waals surface area contributed by atoms with E-state index in [1.807, 2.05) is 59.1 Å². The second-order valence-corrected chi connectivity index (χ2v) is 19.6. The molecule has 4 aromatic heterocycles. The van der Waals surface area contributed by atoms with E-state index in [2.05, 4.69) is 199 Å². The van der Waals surface area contributed by atoms with E-state index >= 15 is 0 Å². The van der Waals surface area contributed by atoms with Crippen molar-refractivity contribution in [3.05, 3.63) is 231 Å². The minimum Gasteiger partial charge on any atom is -0.309 e. The average molecular weight is 915 g/mol. The molecule has 14 aromatic rings. The number of hydrogen-bond donors (Lipinski definition) is 0. The predicted octanol–water partition coefficient (Wildman–Crippen LogP) is 17.7. The maximum absolute atomic E-state index is 5.45. The van der Waals surface area contributed by atoms with Gasteiger partial charge in [0.25, 0.3) is 0 Å². The molecule has 10 aromatic carbocycles. The highest BCUT2D eigenvalue weighted by molar-refractivity contribution is 7.27. The first-order valence-corrected chi connectivity index (χ1v) is 24.8. The minimum absolute atomic E-state index is 0.633. The van der Waals surface area contributed by atoms with E-state index in [9.17, 15) is 0 Å². The molecular weight excluding hydrogens is 877 g/mol. The first kappa shape index (κ1) is 39.6. The third-order valence-electron chi connectivity index (χ3n) is 13.5. The van der Waals surface area contributed by atoms with Gasteiger partial charge in [0.1, 0.15) is 0 Å². The molecule has 0 fully saturated rings. The molecule has 0 aliphatic carbocycles. The maximum Gasteiger partial charge on any atom is 0.165 e. The quantitative estimate of drug-likeness (QED) is 0.160. The number of para-hydroxylation sites is 2. The van der Waals surface area contributed by atoms with Crippen LogP contribution in [-0.2, 0) is 0 Å². The van der Waals surface area contributed by atoms with Crippen LogP contribution in [0.15, 0.2) is 231 Å². The van der Waals surface area contributed by atoms with Gasteiger partial charge in [0.2, 0.25) is 0 Å². The molecule has 0 spiro atoms. The number of aromatic nitrogens is 4. The van der Waals surface area contributed by atoms with E-state index in [4.69, 9.17) is 15.0 Å². The van der Waals surface area contributed by atoms with Crippen LogP contribution in [-0.4, -0.2) is 19.5 Å². The van der Waals surface area contributed by atoms with Crippen molar-refractivity contribution in [2.45, 2.75) is 0 Å². The van der Waals surface area contributed by atoms with Crippen LogP contribution in [0, 0.1) is 0 Å². The molecule has 0 saturated heterocycles. The topological polar surface area (TPSA) is 43.6 Å². The zero-order valence-corrected chi connectivity index (χ0v) is 38.7. The van der Waals surface area contributed by atoms with Gasteiger partial charge in [-0.2, -0.15) is 0 Å². The number of nitrogens with zero attached hydrogens (tertiary/aromatic N) is 4. The Balaban J connectivity index is 1.05. The first-order valence-electron chi connectivity index (χ1n) is 23.2. The molecule has 0 aliphatic heterocycles. The van der Waals surface area contributed by atoms with Crippen molar-refractivity contribution in [2.24, 2.45) is 0 Å². The molecule has 0 unspecified atom stereocenters. The van der Waals surface area contributed by atoms with Crippen LogP contribution in [0.1, 0.15) is 0 Å². The van der Waals surface area contributed by atoms with Crippen LogP contribution >= 0.6 is 22.7 Å². The Kier molecular flexibility index (Phi) is 9.22. The lowest BCUT2D eigenvalue weighted by molar-refractivity contribution is 1.08. The highest BCUT2D eigenvalue weighted by atomic mass is 32.1. The molecule has 0 bridgehead atoms. The predicted molar refractivity (Wildman–Crippen MR) is 293 cm³/mol. The molecule has 14 rings (SSSR count). The fraction of sp³-hybridized carbons (Fsp3) is 0. The van der Waals surface area contributed by atoms with Crippen LogP contribution < -0.4 is 0 Å². The number of thiophene rings is 2. The molecular formula is C63H38N4S2. The minimum atomic E-state index is 0.633. The lowest BCUT2D eigenvalue weighted by Gasteiger charge is -2.16. The van der Waals surface area contributed by atoms with Crippen molar-refractivity contribution in [3.8, 4) is 73.2 Å². The smallest absolute Gasteiger partial charge is 0.165 e. The number of hydrogen-bond acceptors (Lipinski definition) is 5. The Morgan fingerprint density at radius 1 is 0.304 bits per heavy atom. The highest BCUT2D eigenvalue weighted by Crippen LogP contribution is 2.50. The van der Waals surface area contributed by atoms with Gasteiger partial charge in [0, 0.05) is 84.6 Å². The summed E-state index contributed by atoms with van der Waals surface area (Å²) in [6.07, 6.45) is 0. The molecule has 322 valence electrons. The zero-order chi connectivity index (χ0) is 45.4. The number of rotatable bonds is 7. The van der Waals surface area contributed by atoms with Crippen molar-refractivity contribution < 1.29 is 0 Å². The van der Waals surface area contributed by atoms with Gasteiger partial charge >= 0.3 is 0 Å². The summed E-state index contributed by atoms with van der Waals surface area (Å²) in [5.74, 6) is 1.90. The Bertz CT molecular complexity index is 4230. The van der Waals surface area contributed by atoms with E-state index in [1.165, 1.54) is 79.0 Å². The molecule has 4 nitrogen and oxygen atoms in total. The second kappa shape index (κ2) is 16.1. The summed E-state index contributed by atoms with van der Waals surface area (Å²) in [5, 5.41) is 7.38. The molecule has 0 N–H and O–H groups in total. The molecule has 0 amide bonds. The molecule has 69 heavy (non-hydrogen) atoms. The molecule has 0 atom stereocenters. The third kappa shape index (κ3) is 6.45. The molecule has 0 aliphatic rings. The van der Waals surface area contributed by atoms with E-state index in [-0.39, 0.29) is 0 Å². The van der Waals surface area contributed by atoms with E-state index in [1.54, 1.807) is 0 Å². The Labute approximate surface area is 405 Å². The van der Waals surface area contributed by atoms with Gasteiger partial charge in [-0.3, -0.25) is 0 Å². The standard InChI is InChI=1S/C63H38N4S2/c1-4-17-39(18-5-1)45-25-14-27-49-46-23-10-12-30-52(46)67(59(45)49)43-35-33-40(34-36-43)44-37-38-55-58(57(44)63-65-61(41-19-6-2-7-20-41)64-62(66-63)42-21-8-3-9-22-42)56-48(26-16-32-54(56)68-55)51-29-15-28-50-47-24-11-13-31-53(47)69-60(50)51/h1-38H. The van der Waals surface area contributed by atoms with Gasteiger partial charge in [-0.15, -0.1) is 22.7 Å². The van der Waals surface area contributed by atoms with Crippen molar-refractivity contribution in [3.63, 3.8) is 0 Å². The lowest BCUT2D eigenvalue weighted by atomic mass is 9.91. The van der Waals surface area contributed by atoms with Crippen molar-refractivity contribution in [2.75, 3.05) is 0 Å². The molecule has 0 saturated carbocycles. The van der Waals surface area contributed by atoms with Crippen LogP contribution in [0.5, 0.6) is 0 Å². The van der Waals surface area contributed by atoms with E-state index in [0.717, 1.165) is 38.9 Å². The Morgan fingerprint density at radius 2 is 0.841 bits per heavy atom. The van der Waals surface area contributed by atoms with Crippen molar-refractivity contribution in [1.82, 2.24) is 19.5 Å². The zero-order valence-electron chi connectivity index (χ0n) is 37.0. The summed E-state index contributed by atoms with van der Waals surface area (Å²) in [7, 11) is 0. The summed E-state index contributed by atoms with van der Waals surface area (Å²) in [6.45, 7) is 0. The first-order chi connectivity index (χ1) is 34.2. The third-order valence-corrected chi connectivity index (χ3v) is 15.8. The van der Waals surface area contributed by atoms with Crippen LogP contribution in [0.25, 0.3) is 135 Å². The summed E-state index contributed by atoms with van der Waals surface area (Å²) in [6, 6.07) is 82.6. The molecule has 6 heteroatoms. The van der Waals surface area contributed by atoms with Gasteiger partial charge in [0.15, 0.2) is 17.5 Å². The maximum atomic E-state index is 5.45. The van der Waals surface area contributed by atoms with Gasteiger partial charge < -0.3 is 4.57 Å². The number of benzene rings is 10. The summed E-state index contributed by atoms with van der Waals surface area (Å²) in [5.41, 5.74) is 13.3. The normalized spacial score (nSPS) is 11.8. The lowest BCUT2D eigenvalue weighted by Crippen LogP contribution is -2.01. The Morgan fingerprint density at radius 3 is 1.58 bits per heavy atom. The molecule has 4 heterocycles. The monoisotopic (exact) mass is 914 g/mol. The SMILES string of the molecule is c1ccc(-c2nc(-c3ccccc3)nc(-c3c(-c4ccc(-n5c6ccccc6c6cccc(-c7ccccc7)c65)cc4)ccc4sc5cccc(-c6cccc7c6sc6ccccc67)c5c34)n2)cc1. The van der Waals surface area contributed by atoms with Crippen LogP contribution in [0.4, 0.5) is 0 Å². The average Bonchev–Trinajstić information content (AvgIpc) is 4.11. The molecule has 0 radical (unpaired) electrons. The van der Waals surface area contributed by atoms with Crippen molar-refractivity contribution >= 4 is 84.8 Å². The summed E-state index contributed by atoms with van der Waals surface area (Å²) >= 11 is 3.69. The van der Waals surface area contributed by atoms with Crippen molar-refractivity contribution in [1.29, 1.82) is 0 Å². The fourth-order valence-corrected chi connectivity index (χ4v) is 12.8. The summed E-state index contributed by atoms with van der Waals surface area (Å²) in [4.78, 5) is 16.0. The van der Waals surface area contributed by atoms with Gasteiger partial charge in [0.05, 0.1) is 11.0 Å². The summed E-state index contributed by atoms with van der Waals surface area (Å²) < 4.78 is 7.40.